The molecule has 1 aromatic carbocycles. The third-order valence-electron chi connectivity index (χ3n) is 4.75. The molecule has 13 nitrogen and oxygen atoms in total. The first-order chi connectivity index (χ1) is 16.9. The Morgan fingerprint density at radius 1 is 1.24 bits per heavy atom. The number of carboxylic acid groups (broad SMARTS) is 1. The summed E-state index contributed by atoms with van der Waals surface area (Å²) in [6, 6.07) is 3.22. The quantitative estimate of drug-likeness (QED) is 0.415. The number of nitrogens with one attached hydrogen (secondary N) is 2. The van der Waals surface area contributed by atoms with Crippen LogP contribution < -0.4 is 19.1 Å². The van der Waals surface area contributed by atoms with Crippen LogP contribution in [0.2, 0.25) is 0 Å². The molecule has 0 saturated heterocycles. The van der Waals surface area contributed by atoms with Crippen molar-refractivity contribution >= 4 is 43.4 Å². The Kier molecular flexibility index (Phi) is 7.28. The fraction of sp³-hybridized carbons (Fsp3) is 0.353. The largest absolute Gasteiger partial charge is 0.516 e. The van der Waals surface area contributed by atoms with E-state index < -0.39 is 68.1 Å². The van der Waals surface area contributed by atoms with Crippen molar-refractivity contribution in [1.82, 2.24) is 14.5 Å². The maximum absolute atomic E-state index is 13.4. The Morgan fingerprint density at radius 3 is 2.43 bits per heavy atom. The zero-order valence-corrected chi connectivity index (χ0v) is 19.9. The number of aromatic nitrogens is 2. The molecule has 2 amide bonds. The zero-order valence-electron chi connectivity index (χ0n) is 18.2. The van der Waals surface area contributed by atoms with E-state index in [1.165, 1.54) is 0 Å². The molecule has 0 aliphatic carbocycles. The minimum atomic E-state index is -6.05. The molecule has 0 radical (unpaired) electrons. The molecular weight excluding hydrogens is 561 g/mol. The van der Waals surface area contributed by atoms with E-state index in [1.54, 1.807) is 0 Å². The molecule has 2 heterocycles. The lowest BCUT2D eigenvalue weighted by molar-refractivity contribution is -0.121. The number of amides is 2. The summed E-state index contributed by atoms with van der Waals surface area (Å²) < 4.78 is 120. The lowest BCUT2D eigenvalue weighted by atomic mass is 10.1. The molecule has 0 bridgehead atoms. The van der Waals surface area contributed by atoms with Gasteiger partial charge in [0.1, 0.15) is 16.7 Å². The van der Waals surface area contributed by atoms with Gasteiger partial charge >= 0.3 is 28.2 Å². The molecule has 0 saturated carbocycles. The highest BCUT2D eigenvalue weighted by Gasteiger charge is 2.47. The minimum Gasteiger partial charge on any atom is -0.486 e. The number of sulfonamides is 2. The summed E-state index contributed by atoms with van der Waals surface area (Å²) in [5, 5.41) is 14.3. The predicted molar refractivity (Wildman–Crippen MR) is 113 cm³/mol. The molecule has 0 spiro atoms. The topological polar surface area (TPSA) is 177 Å². The molecule has 3 N–H and O–H groups in total. The number of alkyl halides is 5. The molecule has 1 unspecified atom stereocenters. The van der Waals surface area contributed by atoms with Gasteiger partial charge in [-0.3, -0.25) is 14.4 Å². The van der Waals surface area contributed by atoms with Crippen molar-refractivity contribution in [3.8, 4) is 5.75 Å². The number of fused-ring (bicyclic) bond motifs is 1. The number of halogens is 5. The molecule has 0 fully saturated rings. The summed E-state index contributed by atoms with van der Waals surface area (Å²) in [5.41, 5.74) is -6.59. The van der Waals surface area contributed by atoms with Gasteiger partial charge in [0.15, 0.2) is 0 Å². The number of benzene rings is 1. The smallest absolute Gasteiger partial charge is 0.486 e. The first-order valence-electron chi connectivity index (χ1n) is 9.71. The molecule has 1 aliphatic heterocycles. The highest BCUT2D eigenvalue weighted by atomic mass is 32.2. The summed E-state index contributed by atoms with van der Waals surface area (Å²) in [4.78, 5) is 22.3. The van der Waals surface area contributed by atoms with E-state index in [9.17, 15) is 48.4 Å². The number of carbonyl (C=O) groups excluding carboxylic acids is 1. The van der Waals surface area contributed by atoms with Crippen LogP contribution in [0.5, 0.6) is 5.75 Å². The first kappa shape index (κ1) is 27.9. The van der Waals surface area contributed by atoms with Crippen LogP contribution in [0.25, 0.3) is 0 Å². The Hall–Kier alpha value is -3.68. The van der Waals surface area contributed by atoms with Gasteiger partial charge in [-0.1, -0.05) is 0 Å². The minimum absolute atomic E-state index is 0.0684. The lowest BCUT2D eigenvalue weighted by Crippen LogP contribution is -2.47. The maximum atomic E-state index is 13.4. The van der Waals surface area contributed by atoms with E-state index in [4.69, 9.17) is 9.84 Å². The van der Waals surface area contributed by atoms with E-state index in [-0.39, 0.29) is 27.5 Å². The lowest BCUT2D eigenvalue weighted by Gasteiger charge is -2.35. The molecule has 1 aliphatic rings. The van der Waals surface area contributed by atoms with E-state index in [1.807, 2.05) is 5.32 Å². The normalized spacial score (nSPS) is 16.2. The number of ether oxygens (including phenoxy) is 1. The number of nitrogens with zero attached hydrogens (tertiary/aromatic N) is 3. The fourth-order valence-electron chi connectivity index (χ4n) is 3.24. The van der Waals surface area contributed by atoms with Gasteiger partial charge in [-0.05, 0) is 25.1 Å². The molecule has 1 aromatic heterocycles. The number of anilines is 2. The van der Waals surface area contributed by atoms with Crippen LogP contribution in [0.4, 0.5) is 38.1 Å². The van der Waals surface area contributed by atoms with E-state index >= 15 is 0 Å². The van der Waals surface area contributed by atoms with Crippen molar-refractivity contribution in [2.45, 2.75) is 36.4 Å². The van der Waals surface area contributed by atoms with Gasteiger partial charge < -0.3 is 9.84 Å². The molecule has 1 atom stereocenters. The predicted octanol–water partition coefficient (Wildman–Crippen LogP) is 1.99. The molecular formula is C17H16F5N5O8S2. The van der Waals surface area contributed by atoms with Crippen LogP contribution in [0, 0.1) is 6.92 Å². The second kappa shape index (κ2) is 9.65. The van der Waals surface area contributed by atoms with Gasteiger partial charge in [-0.2, -0.15) is 35.5 Å². The van der Waals surface area contributed by atoms with Crippen molar-refractivity contribution in [1.29, 1.82) is 0 Å². The number of hydrogen-bond donors (Lipinski definition) is 3. The zero-order chi connectivity index (χ0) is 27.9. The second-order valence-corrected chi connectivity index (χ2v) is 10.9. The maximum Gasteiger partial charge on any atom is 0.516 e. The van der Waals surface area contributed by atoms with Crippen molar-refractivity contribution in [2.75, 3.05) is 16.2 Å². The van der Waals surface area contributed by atoms with Crippen molar-refractivity contribution in [3.63, 3.8) is 0 Å². The molecule has 3 rings (SSSR count). The standard InChI is InChI=1S/C17H16F5N5O8S2/c1-8-13(7-26(24-8)15(18)19)36(31,32)27-6-10(5-14(28)25-37(33,34)17(20,21)22)35-12-3-2-9(4-11(12)27)23-16(29)30/h2-4,7,10,15,23H,5-6H2,1H3,(H,25,28)(H,29,30). The molecule has 20 heteroatoms. The fourth-order valence-corrected chi connectivity index (χ4v) is 5.40. The van der Waals surface area contributed by atoms with E-state index in [0.29, 0.717) is 10.5 Å². The highest BCUT2D eigenvalue weighted by Crippen LogP contribution is 2.40. The van der Waals surface area contributed by atoms with Crippen molar-refractivity contribution in [2.24, 2.45) is 0 Å². The van der Waals surface area contributed by atoms with Crippen LogP contribution in [0.3, 0.4) is 0 Å². The first-order valence-corrected chi connectivity index (χ1v) is 12.6. The molecule has 37 heavy (non-hydrogen) atoms. The number of carbonyl (C=O) groups is 2. The second-order valence-electron chi connectivity index (χ2n) is 7.40. The molecule has 2 aromatic rings. The Balaban J connectivity index is 2.02. The van der Waals surface area contributed by atoms with Crippen molar-refractivity contribution < 1.29 is 58.2 Å². The Bertz CT molecular complexity index is 1440. The summed E-state index contributed by atoms with van der Waals surface area (Å²) in [5.74, 6) is -1.96. The van der Waals surface area contributed by atoms with Crippen LogP contribution in [-0.4, -0.2) is 61.9 Å². The average molecular weight is 577 g/mol. The Labute approximate surface area is 204 Å². The Morgan fingerprint density at radius 2 is 1.89 bits per heavy atom. The molecule has 204 valence electrons. The van der Waals surface area contributed by atoms with E-state index in [0.717, 1.165) is 29.8 Å². The third-order valence-corrected chi connectivity index (χ3v) is 7.74. The SMILES string of the molecule is Cc1nn(C(F)F)cc1S(=O)(=O)N1CC(CC(=O)NS(=O)(=O)C(F)(F)F)Oc2ccc(NC(=O)O)cc21. The van der Waals surface area contributed by atoms with E-state index in [2.05, 4.69) is 5.10 Å². The van der Waals surface area contributed by atoms with Gasteiger partial charge in [0, 0.05) is 5.69 Å². The van der Waals surface area contributed by atoms with Gasteiger partial charge in [0.05, 0.1) is 30.5 Å². The van der Waals surface area contributed by atoms with Crippen LogP contribution >= 0.6 is 0 Å². The monoisotopic (exact) mass is 577 g/mol. The summed E-state index contributed by atoms with van der Waals surface area (Å²) >= 11 is 0. The van der Waals surface area contributed by atoms with Crippen molar-refractivity contribution in [3.05, 3.63) is 30.1 Å². The van der Waals surface area contributed by atoms with Gasteiger partial charge in [-0.25, -0.2) is 22.6 Å². The number of rotatable bonds is 7. The van der Waals surface area contributed by atoms with Crippen LogP contribution in [-0.2, 0) is 24.8 Å². The van der Waals surface area contributed by atoms with Crippen LogP contribution in [0.15, 0.2) is 29.3 Å². The van der Waals surface area contributed by atoms with Crippen LogP contribution in [0.1, 0.15) is 18.7 Å². The highest BCUT2D eigenvalue weighted by molar-refractivity contribution is 7.93. The van der Waals surface area contributed by atoms with Gasteiger partial charge in [0.25, 0.3) is 10.0 Å². The summed E-state index contributed by atoms with van der Waals surface area (Å²) in [7, 11) is -10.8. The number of aryl methyl sites for hydroxylation is 1. The summed E-state index contributed by atoms with van der Waals surface area (Å²) in [6.45, 7) is -2.88. The summed E-state index contributed by atoms with van der Waals surface area (Å²) in [6.07, 6.45) is -3.60. The number of hydrogen-bond acceptors (Lipinski definition) is 8. The van der Waals surface area contributed by atoms with Gasteiger partial charge in [-0.15, -0.1) is 0 Å². The van der Waals surface area contributed by atoms with Gasteiger partial charge in [0.2, 0.25) is 5.91 Å². The average Bonchev–Trinajstić information content (AvgIpc) is 3.14. The third kappa shape index (κ3) is 5.84.